The molecule has 0 atom stereocenters. The number of halogens is 2. The minimum Gasteiger partial charge on any atom is -0.466 e. The highest BCUT2D eigenvalue weighted by molar-refractivity contribution is 7.92. The normalized spacial score (nSPS) is 11.7. The Balaban J connectivity index is 2.43. The van der Waals surface area contributed by atoms with Gasteiger partial charge in [-0.25, -0.2) is 4.79 Å². The molecule has 6 nitrogen and oxygen atoms in total. The summed E-state index contributed by atoms with van der Waals surface area (Å²) in [5.41, 5.74) is 0.282. The van der Waals surface area contributed by atoms with Gasteiger partial charge < -0.3 is 4.74 Å². The molecule has 0 N–H and O–H groups in total. The van der Waals surface area contributed by atoms with Crippen LogP contribution in [0.25, 0.3) is 6.08 Å². The van der Waals surface area contributed by atoms with Crippen LogP contribution in [0.3, 0.4) is 0 Å². The third kappa shape index (κ3) is 4.87. The summed E-state index contributed by atoms with van der Waals surface area (Å²) >= 11 is 0. The number of hydrogen-bond donors (Lipinski definition) is 0. The van der Waals surface area contributed by atoms with E-state index in [-0.39, 0.29) is 15.1 Å². The van der Waals surface area contributed by atoms with Crippen molar-refractivity contribution in [1.82, 2.24) is 0 Å². The Morgan fingerprint density at radius 2 is 1.81 bits per heavy atom. The summed E-state index contributed by atoms with van der Waals surface area (Å²) in [6, 6.07) is 12.6. The second-order valence-corrected chi connectivity index (χ2v) is 6.62. The molecule has 0 aliphatic rings. The van der Waals surface area contributed by atoms with Gasteiger partial charge in [0, 0.05) is 6.08 Å². The van der Waals surface area contributed by atoms with Crippen LogP contribution in [0.5, 0.6) is 0 Å². The van der Waals surface area contributed by atoms with Crippen molar-refractivity contribution in [2.75, 3.05) is 11.6 Å². The minimum absolute atomic E-state index is 0.0803. The molecular weight excluding hydrogens is 368 g/mol. The second kappa shape index (κ2) is 8.54. The van der Waals surface area contributed by atoms with Gasteiger partial charge in [0.1, 0.15) is 0 Å². The maximum absolute atomic E-state index is 12.8. The van der Waals surface area contributed by atoms with Crippen molar-refractivity contribution in [1.29, 1.82) is 0 Å². The van der Waals surface area contributed by atoms with Crippen LogP contribution in [0, 0.1) is 0 Å². The van der Waals surface area contributed by atoms with Crippen molar-refractivity contribution in [2.45, 2.75) is 11.5 Å². The summed E-state index contributed by atoms with van der Waals surface area (Å²) in [6.45, 7) is -3.34. The van der Waals surface area contributed by atoms with Gasteiger partial charge in [-0.2, -0.15) is 22.0 Å². The van der Waals surface area contributed by atoms with E-state index in [0.717, 1.165) is 6.08 Å². The van der Waals surface area contributed by atoms with Crippen molar-refractivity contribution < 1.29 is 31.6 Å². The molecule has 2 aromatic carbocycles. The van der Waals surface area contributed by atoms with Gasteiger partial charge in [-0.15, -0.1) is 4.47 Å². The number of methoxy groups -OCH3 is 1. The van der Waals surface area contributed by atoms with E-state index in [2.05, 4.69) is 9.57 Å². The maximum atomic E-state index is 12.8. The molecule has 0 fully saturated rings. The molecule has 0 saturated heterocycles. The molecule has 0 bridgehead atoms. The Labute approximate surface area is 149 Å². The Kier molecular flexibility index (Phi) is 6.42. The Hall–Kier alpha value is -2.78. The number of rotatable bonds is 7. The highest BCUT2D eigenvalue weighted by atomic mass is 32.2. The average Bonchev–Trinajstić information content (AvgIpc) is 2.64. The van der Waals surface area contributed by atoms with Crippen LogP contribution in [0.4, 0.5) is 14.5 Å². The molecule has 0 unspecified atom stereocenters. The van der Waals surface area contributed by atoms with Gasteiger partial charge in [0.2, 0.25) is 0 Å². The summed E-state index contributed by atoms with van der Waals surface area (Å²) in [5.74, 6) is -0.620. The van der Waals surface area contributed by atoms with E-state index in [1.165, 1.54) is 55.7 Å². The lowest BCUT2D eigenvalue weighted by Crippen LogP contribution is -2.33. The molecule has 0 heterocycles. The maximum Gasteiger partial charge on any atom is 0.366 e. The van der Waals surface area contributed by atoms with Crippen molar-refractivity contribution >= 4 is 27.8 Å². The zero-order valence-corrected chi connectivity index (χ0v) is 14.4. The van der Waals surface area contributed by atoms with Gasteiger partial charge in [-0.05, 0) is 35.9 Å². The van der Waals surface area contributed by atoms with E-state index >= 15 is 0 Å². The van der Waals surface area contributed by atoms with E-state index in [9.17, 15) is 22.0 Å². The summed E-state index contributed by atoms with van der Waals surface area (Å²) in [6.07, 6.45) is 2.45. The summed E-state index contributed by atoms with van der Waals surface area (Å²) < 4.78 is 55.7. The van der Waals surface area contributed by atoms with Gasteiger partial charge in [0.05, 0.1) is 17.7 Å². The number of ether oxygens (including phenoxy) is 1. The zero-order chi connectivity index (χ0) is 19.2. The Bertz CT molecular complexity index is 885. The first kappa shape index (κ1) is 19.5. The smallest absolute Gasteiger partial charge is 0.366 e. The van der Waals surface area contributed by atoms with Gasteiger partial charge in [0.25, 0.3) is 10.0 Å². The highest BCUT2D eigenvalue weighted by Crippen LogP contribution is 2.26. The first-order chi connectivity index (χ1) is 12.3. The topological polar surface area (TPSA) is 72.9 Å². The second-order valence-electron chi connectivity index (χ2n) is 4.86. The number of benzene rings is 2. The lowest BCUT2D eigenvalue weighted by Gasteiger charge is -2.22. The first-order valence-corrected chi connectivity index (χ1v) is 8.70. The summed E-state index contributed by atoms with van der Waals surface area (Å²) in [5, 5.41) is 0. The molecule has 0 spiro atoms. The van der Waals surface area contributed by atoms with Crippen molar-refractivity contribution in [2.24, 2.45) is 0 Å². The monoisotopic (exact) mass is 383 g/mol. The third-order valence-electron chi connectivity index (χ3n) is 3.13. The van der Waals surface area contributed by atoms with Gasteiger partial charge in [-0.3, -0.25) is 0 Å². The molecule has 0 aliphatic heterocycles. The Morgan fingerprint density at radius 1 is 1.12 bits per heavy atom. The van der Waals surface area contributed by atoms with E-state index in [0.29, 0.717) is 5.56 Å². The fourth-order valence-corrected chi connectivity index (χ4v) is 3.29. The van der Waals surface area contributed by atoms with Crippen LogP contribution < -0.4 is 4.47 Å². The zero-order valence-electron chi connectivity index (χ0n) is 13.6. The van der Waals surface area contributed by atoms with E-state index < -0.39 is 22.6 Å². The molecule has 2 aromatic rings. The van der Waals surface area contributed by atoms with Crippen LogP contribution >= 0.6 is 0 Å². The SMILES string of the molecule is COC(=O)C=Cc1cccc(S(=O)(=O)N(OC(F)F)c2ccccc2)c1. The summed E-state index contributed by atoms with van der Waals surface area (Å²) in [4.78, 5) is 15.1. The van der Waals surface area contributed by atoms with Gasteiger partial charge >= 0.3 is 12.6 Å². The number of anilines is 1. The predicted molar refractivity (Wildman–Crippen MR) is 90.7 cm³/mol. The molecule has 0 radical (unpaired) electrons. The number of carbonyl (C=O) groups excluding carboxylic acids is 1. The van der Waals surface area contributed by atoms with E-state index in [4.69, 9.17) is 0 Å². The molecule has 0 aromatic heterocycles. The molecule has 2 rings (SSSR count). The fraction of sp³-hybridized carbons (Fsp3) is 0.118. The molecule has 9 heteroatoms. The lowest BCUT2D eigenvalue weighted by atomic mass is 10.2. The van der Waals surface area contributed by atoms with Crippen LogP contribution in [0.1, 0.15) is 5.56 Å². The van der Waals surface area contributed by atoms with Crippen LogP contribution in [0.2, 0.25) is 0 Å². The number of alkyl halides is 2. The highest BCUT2D eigenvalue weighted by Gasteiger charge is 2.29. The molecule has 26 heavy (non-hydrogen) atoms. The molecule has 0 saturated carbocycles. The number of para-hydroxylation sites is 1. The fourth-order valence-electron chi connectivity index (χ4n) is 1.99. The molecule has 0 aliphatic carbocycles. The number of esters is 1. The standard InChI is InChI=1S/C17H15F2NO5S/c1-24-16(21)11-10-13-6-5-9-15(12-13)26(22,23)20(25-17(18)19)14-7-3-2-4-8-14/h2-12,17H,1H3. The molecular formula is C17H15F2NO5S. The number of carbonyl (C=O) groups is 1. The minimum atomic E-state index is -4.43. The first-order valence-electron chi connectivity index (χ1n) is 7.26. The average molecular weight is 383 g/mol. The van der Waals surface area contributed by atoms with E-state index in [1.807, 2.05) is 0 Å². The quantitative estimate of drug-likeness (QED) is 0.417. The third-order valence-corrected chi connectivity index (χ3v) is 4.71. The lowest BCUT2D eigenvalue weighted by molar-refractivity contribution is -0.134. The molecule has 0 amide bonds. The van der Waals surface area contributed by atoms with Crippen LogP contribution in [-0.2, 0) is 24.4 Å². The number of nitrogens with zero attached hydrogens (tertiary/aromatic N) is 1. The van der Waals surface area contributed by atoms with E-state index in [1.54, 1.807) is 12.1 Å². The summed E-state index contributed by atoms with van der Waals surface area (Å²) in [7, 11) is -3.23. The largest absolute Gasteiger partial charge is 0.466 e. The van der Waals surface area contributed by atoms with Crippen molar-refractivity contribution in [3.63, 3.8) is 0 Å². The van der Waals surface area contributed by atoms with Crippen LogP contribution in [-0.4, -0.2) is 28.1 Å². The van der Waals surface area contributed by atoms with Gasteiger partial charge in [-0.1, -0.05) is 30.3 Å². The van der Waals surface area contributed by atoms with Crippen molar-refractivity contribution in [3.8, 4) is 0 Å². The predicted octanol–water partition coefficient (Wildman–Crippen LogP) is 3.22. The van der Waals surface area contributed by atoms with Crippen LogP contribution in [0.15, 0.2) is 65.6 Å². The number of hydrogen-bond acceptors (Lipinski definition) is 5. The van der Waals surface area contributed by atoms with Gasteiger partial charge in [0.15, 0.2) is 0 Å². The van der Waals surface area contributed by atoms with Crippen molar-refractivity contribution in [3.05, 3.63) is 66.2 Å². The number of sulfonamides is 1. The molecule has 138 valence electrons. The Morgan fingerprint density at radius 3 is 2.42 bits per heavy atom.